The fourth-order valence-corrected chi connectivity index (χ4v) is 2.73. The van der Waals surface area contributed by atoms with Crippen LogP contribution in [0.15, 0.2) is 52.4 Å². The third-order valence-corrected chi connectivity index (χ3v) is 4.02. The average molecular weight is 351 g/mol. The Kier molecular flexibility index (Phi) is 5.31. The Morgan fingerprint density at radius 2 is 1.88 bits per heavy atom. The Morgan fingerprint density at radius 3 is 2.62 bits per heavy atom. The standard InChI is InChI=1S/C20H21N3O3/c1-4-7-19-22-16-9-6-5-8-15(16)20(24)23(19)21-13-14-10-11-17(25-2)18(12-14)26-3/h5-6,8-13H,4,7H2,1-3H3. The van der Waals surface area contributed by atoms with E-state index in [9.17, 15) is 4.79 Å². The summed E-state index contributed by atoms with van der Waals surface area (Å²) in [5, 5.41) is 4.95. The molecule has 134 valence electrons. The Bertz CT molecular complexity index is 1010. The van der Waals surface area contributed by atoms with E-state index in [0.29, 0.717) is 34.6 Å². The smallest absolute Gasteiger partial charge is 0.282 e. The Balaban J connectivity index is 2.07. The maximum atomic E-state index is 12.8. The van der Waals surface area contributed by atoms with Crippen molar-refractivity contribution < 1.29 is 9.47 Å². The van der Waals surface area contributed by atoms with Gasteiger partial charge in [0.05, 0.1) is 31.3 Å². The number of methoxy groups -OCH3 is 2. The highest BCUT2D eigenvalue weighted by Gasteiger charge is 2.09. The van der Waals surface area contributed by atoms with E-state index in [2.05, 4.69) is 10.1 Å². The summed E-state index contributed by atoms with van der Waals surface area (Å²) >= 11 is 0. The zero-order valence-corrected chi connectivity index (χ0v) is 15.1. The van der Waals surface area contributed by atoms with Crippen molar-refractivity contribution in [1.82, 2.24) is 9.66 Å². The lowest BCUT2D eigenvalue weighted by atomic mass is 10.2. The normalized spacial score (nSPS) is 11.2. The molecular weight excluding hydrogens is 330 g/mol. The topological polar surface area (TPSA) is 65.7 Å². The molecule has 0 aliphatic rings. The third kappa shape index (κ3) is 3.44. The summed E-state index contributed by atoms with van der Waals surface area (Å²) in [6, 6.07) is 12.8. The first-order valence-corrected chi connectivity index (χ1v) is 8.45. The van der Waals surface area contributed by atoms with Crippen LogP contribution in [-0.2, 0) is 6.42 Å². The van der Waals surface area contributed by atoms with Crippen LogP contribution in [0.1, 0.15) is 24.7 Å². The van der Waals surface area contributed by atoms with Gasteiger partial charge < -0.3 is 9.47 Å². The van der Waals surface area contributed by atoms with Crippen molar-refractivity contribution in [3.05, 3.63) is 64.2 Å². The quantitative estimate of drug-likeness (QED) is 0.640. The van der Waals surface area contributed by atoms with Crippen LogP contribution in [0.3, 0.4) is 0 Å². The summed E-state index contributed by atoms with van der Waals surface area (Å²) in [4.78, 5) is 17.4. The number of aryl methyl sites for hydroxylation is 1. The van der Waals surface area contributed by atoms with Crippen molar-refractivity contribution >= 4 is 17.1 Å². The van der Waals surface area contributed by atoms with Gasteiger partial charge in [-0.15, -0.1) is 0 Å². The molecule has 2 aromatic carbocycles. The van der Waals surface area contributed by atoms with E-state index in [1.807, 2.05) is 31.2 Å². The minimum Gasteiger partial charge on any atom is -0.493 e. The Morgan fingerprint density at radius 1 is 1.12 bits per heavy atom. The summed E-state index contributed by atoms with van der Waals surface area (Å²) in [5.74, 6) is 1.89. The van der Waals surface area contributed by atoms with Crippen molar-refractivity contribution in [1.29, 1.82) is 0 Å². The van der Waals surface area contributed by atoms with E-state index < -0.39 is 0 Å². The van der Waals surface area contributed by atoms with Gasteiger partial charge in [0, 0.05) is 6.42 Å². The van der Waals surface area contributed by atoms with Crippen LogP contribution in [0.2, 0.25) is 0 Å². The predicted molar refractivity (Wildman–Crippen MR) is 103 cm³/mol. The molecule has 0 aliphatic carbocycles. The van der Waals surface area contributed by atoms with Gasteiger partial charge in [-0.2, -0.15) is 9.78 Å². The molecule has 0 N–H and O–H groups in total. The van der Waals surface area contributed by atoms with Crippen LogP contribution in [-0.4, -0.2) is 30.1 Å². The SMILES string of the molecule is CCCc1nc2ccccc2c(=O)n1N=Cc1ccc(OC)c(OC)c1. The first kappa shape index (κ1) is 17.7. The zero-order chi connectivity index (χ0) is 18.5. The molecule has 26 heavy (non-hydrogen) atoms. The lowest BCUT2D eigenvalue weighted by Gasteiger charge is -2.09. The molecule has 3 aromatic rings. The van der Waals surface area contributed by atoms with E-state index in [1.54, 1.807) is 38.6 Å². The van der Waals surface area contributed by atoms with Gasteiger partial charge in [0.15, 0.2) is 11.5 Å². The molecule has 0 saturated carbocycles. The van der Waals surface area contributed by atoms with Crippen LogP contribution in [0.4, 0.5) is 0 Å². The number of hydrogen-bond donors (Lipinski definition) is 0. The van der Waals surface area contributed by atoms with Crippen LogP contribution < -0.4 is 15.0 Å². The number of aromatic nitrogens is 2. The maximum Gasteiger partial charge on any atom is 0.282 e. The monoisotopic (exact) mass is 351 g/mol. The molecule has 6 nitrogen and oxygen atoms in total. The molecule has 0 spiro atoms. The average Bonchev–Trinajstić information content (AvgIpc) is 2.67. The fourth-order valence-electron chi connectivity index (χ4n) is 2.73. The molecule has 0 unspecified atom stereocenters. The number of para-hydroxylation sites is 1. The predicted octanol–water partition coefficient (Wildman–Crippen LogP) is 3.25. The largest absolute Gasteiger partial charge is 0.493 e. The minimum absolute atomic E-state index is 0.171. The van der Waals surface area contributed by atoms with E-state index >= 15 is 0 Å². The van der Waals surface area contributed by atoms with Gasteiger partial charge in [0.25, 0.3) is 5.56 Å². The molecule has 1 aromatic heterocycles. The van der Waals surface area contributed by atoms with Crippen molar-refractivity contribution in [3.63, 3.8) is 0 Å². The van der Waals surface area contributed by atoms with Crippen molar-refractivity contribution in [2.75, 3.05) is 14.2 Å². The highest BCUT2D eigenvalue weighted by Crippen LogP contribution is 2.26. The van der Waals surface area contributed by atoms with E-state index in [4.69, 9.17) is 9.47 Å². The lowest BCUT2D eigenvalue weighted by Crippen LogP contribution is -2.22. The number of nitrogens with zero attached hydrogens (tertiary/aromatic N) is 3. The zero-order valence-electron chi connectivity index (χ0n) is 15.1. The molecule has 1 heterocycles. The van der Waals surface area contributed by atoms with Crippen molar-refractivity contribution in [3.8, 4) is 11.5 Å². The van der Waals surface area contributed by atoms with Gasteiger partial charge in [-0.3, -0.25) is 4.79 Å². The number of rotatable bonds is 6. The molecule has 0 saturated heterocycles. The lowest BCUT2D eigenvalue weighted by molar-refractivity contribution is 0.355. The van der Waals surface area contributed by atoms with E-state index in [0.717, 1.165) is 12.0 Å². The highest BCUT2D eigenvalue weighted by atomic mass is 16.5. The summed E-state index contributed by atoms with van der Waals surface area (Å²) < 4.78 is 11.9. The molecule has 6 heteroatoms. The molecule has 0 fully saturated rings. The first-order chi connectivity index (χ1) is 12.7. The number of hydrogen-bond acceptors (Lipinski definition) is 5. The van der Waals surface area contributed by atoms with Gasteiger partial charge in [-0.05, 0) is 42.3 Å². The number of ether oxygens (including phenoxy) is 2. The Hall–Kier alpha value is -3.15. The molecule has 0 atom stereocenters. The van der Waals surface area contributed by atoms with Gasteiger partial charge in [0.2, 0.25) is 0 Å². The van der Waals surface area contributed by atoms with Gasteiger partial charge in [-0.1, -0.05) is 19.1 Å². The second-order valence-electron chi connectivity index (χ2n) is 5.77. The number of fused-ring (bicyclic) bond motifs is 1. The van der Waals surface area contributed by atoms with Crippen LogP contribution in [0, 0.1) is 0 Å². The molecule has 0 aliphatic heterocycles. The van der Waals surface area contributed by atoms with Crippen molar-refractivity contribution in [2.24, 2.45) is 5.10 Å². The minimum atomic E-state index is -0.171. The second-order valence-corrected chi connectivity index (χ2v) is 5.77. The first-order valence-electron chi connectivity index (χ1n) is 8.45. The highest BCUT2D eigenvalue weighted by molar-refractivity contribution is 5.81. The summed E-state index contributed by atoms with van der Waals surface area (Å²) in [5.41, 5.74) is 1.32. The second kappa shape index (κ2) is 7.82. The van der Waals surface area contributed by atoms with Gasteiger partial charge >= 0.3 is 0 Å². The number of benzene rings is 2. The molecular formula is C20H21N3O3. The van der Waals surface area contributed by atoms with Crippen LogP contribution in [0.25, 0.3) is 10.9 Å². The summed E-state index contributed by atoms with van der Waals surface area (Å²) in [7, 11) is 3.17. The molecule has 0 radical (unpaired) electrons. The van der Waals surface area contributed by atoms with E-state index in [1.165, 1.54) is 4.68 Å². The van der Waals surface area contributed by atoms with E-state index in [-0.39, 0.29) is 5.56 Å². The molecule has 0 bridgehead atoms. The summed E-state index contributed by atoms with van der Waals surface area (Å²) in [6.45, 7) is 2.05. The van der Waals surface area contributed by atoms with Crippen molar-refractivity contribution in [2.45, 2.75) is 19.8 Å². The Labute approximate surface area is 151 Å². The third-order valence-electron chi connectivity index (χ3n) is 4.02. The fraction of sp³-hybridized carbons (Fsp3) is 0.250. The van der Waals surface area contributed by atoms with Gasteiger partial charge in [-0.25, -0.2) is 4.98 Å². The maximum absolute atomic E-state index is 12.8. The van der Waals surface area contributed by atoms with Crippen LogP contribution in [0.5, 0.6) is 11.5 Å². The van der Waals surface area contributed by atoms with Gasteiger partial charge in [0.1, 0.15) is 5.82 Å². The summed E-state index contributed by atoms with van der Waals surface area (Å²) in [6.07, 6.45) is 3.17. The molecule has 3 rings (SSSR count). The van der Waals surface area contributed by atoms with Crippen LogP contribution >= 0.6 is 0 Å². The molecule has 0 amide bonds.